The van der Waals surface area contributed by atoms with E-state index < -0.39 is 12.0 Å². The molecule has 4 rings (SSSR count). The molecule has 2 amide bonds. The van der Waals surface area contributed by atoms with Crippen LogP contribution in [0.2, 0.25) is 10.0 Å². The van der Waals surface area contributed by atoms with Crippen LogP contribution in [-0.4, -0.2) is 33.3 Å². The topological polar surface area (TPSA) is 95.1 Å². The summed E-state index contributed by atoms with van der Waals surface area (Å²) in [6.07, 6.45) is 0. The SMILES string of the molecule is COC(=O)c1cc(NC(=O)Nc2ccc(OC)c(OC)c2)ccc1OCc1ccc(Cl)cc1-c1ccccc1Cl. The second kappa shape index (κ2) is 13.1. The summed E-state index contributed by atoms with van der Waals surface area (Å²) in [7, 11) is 4.30. The highest BCUT2D eigenvalue weighted by Crippen LogP contribution is 2.34. The minimum atomic E-state index is -0.624. The Morgan fingerprint density at radius 2 is 1.40 bits per heavy atom. The zero-order chi connectivity index (χ0) is 28.6. The predicted octanol–water partition coefficient (Wildman–Crippen LogP) is 7.69. The number of urea groups is 1. The molecule has 0 aromatic heterocycles. The van der Waals surface area contributed by atoms with Gasteiger partial charge in [0.25, 0.3) is 0 Å². The van der Waals surface area contributed by atoms with Gasteiger partial charge < -0.3 is 29.6 Å². The maximum absolute atomic E-state index is 12.6. The second-order valence-corrected chi connectivity index (χ2v) is 9.27. The molecule has 2 N–H and O–H groups in total. The van der Waals surface area contributed by atoms with Gasteiger partial charge in [0.15, 0.2) is 11.5 Å². The molecule has 0 fully saturated rings. The van der Waals surface area contributed by atoms with Gasteiger partial charge >= 0.3 is 12.0 Å². The molecule has 0 heterocycles. The van der Waals surface area contributed by atoms with Gasteiger partial charge in [-0.15, -0.1) is 0 Å². The van der Waals surface area contributed by atoms with Crippen molar-refractivity contribution in [1.29, 1.82) is 0 Å². The molecule has 206 valence electrons. The van der Waals surface area contributed by atoms with Crippen molar-refractivity contribution >= 4 is 46.6 Å². The van der Waals surface area contributed by atoms with Crippen molar-refractivity contribution in [2.24, 2.45) is 0 Å². The summed E-state index contributed by atoms with van der Waals surface area (Å²) in [6, 6.07) is 22.0. The third-order valence-corrected chi connectivity index (χ3v) is 6.47. The number of halogens is 2. The van der Waals surface area contributed by atoms with Crippen molar-refractivity contribution in [3.05, 3.63) is 100 Å². The van der Waals surface area contributed by atoms with Crippen LogP contribution in [-0.2, 0) is 11.3 Å². The minimum Gasteiger partial charge on any atom is -0.493 e. The van der Waals surface area contributed by atoms with Crippen molar-refractivity contribution in [1.82, 2.24) is 0 Å². The highest BCUT2D eigenvalue weighted by atomic mass is 35.5. The van der Waals surface area contributed by atoms with Gasteiger partial charge in [-0.25, -0.2) is 9.59 Å². The molecular weight excluding hydrogens is 555 g/mol. The number of amides is 2. The molecule has 0 spiro atoms. The number of benzene rings is 4. The van der Waals surface area contributed by atoms with Gasteiger partial charge in [0, 0.05) is 33.0 Å². The van der Waals surface area contributed by atoms with Gasteiger partial charge in [-0.05, 0) is 59.7 Å². The van der Waals surface area contributed by atoms with Crippen LogP contribution in [0.15, 0.2) is 78.9 Å². The Morgan fingerprint density at radius 3 is 2.08 bits per heavy atom. The molecule has 40 heavy (non-hydrogen) atoms. The molecule has 0 saturated carbocycles. The van der Waals surface area contributed by atoms with Crippen LogP contribution < -0.4 is 24.8 Å². The number of hydrogen-bond acceptors (Lipinski definition) is 6. The summed E-state index contributed by atoms with van der Waals surface area (Å²) in [5, 5.41) is 6.55. The van der Waals surface area contributed by atoms with Crippen LogP contribution in [0.25, 0.3) is 11.1 Å². The molecule has 0 bridgehead atoms. The van der Waals surface area contributed by atoms with Crippen molar-refractivity contribution < 1.29 is 28.5 Å². The number of esters is 1. The standard InChI is InChI=1S/C30H26Cl2N2O6/c1-37-27-13-11-21(16-28(27)38-2)34-30(36)33-20-10-12-26(24(15-20)29(35)39-3)40-17-18-8-9-19(31)14-23(18)22-6-4-5-7-25(22)32/h4-16H,17H2,1-3H3,(H2,33,34,36). The number of methoxy groups -OCH3 is 3. The molecule has 0 aliphatic heterocycles. The summed E-state index contributed by atoms with van der Waals surface area (Å²) < 4.78 is 21.5. The van der Waals surface area contributed by atoms with Gasteiger partial charge in [0.2, 0.25) is 0 Å². The maximum atomic E-state index is 12.6. The van der Waals surface area contributed by atoms with Crippen LogP contribution in [0, 0.1) is 0 Å². The van der Waals surface area contributed by atoms with E-state index in [0.29, 0.717) is 32.9 Å². The highest BCUT2D eigenvalue weighted by Gasteiger charge is 2.17. The first-order chi connectivity index (χ1) is 19.3. The summed E-state index contributed by atoms with van der Waals surface area (Å²) >= 11 is 12.7. The Kier molecular flexibility index (Phi) is 9.37. The Hall–Kier alpha value is -4.40. The van der Waals surface area contributed by atoms with Crippen LogP contribution in [0.3, 0.4) is 0 Å². The quantitative estimate of drug-likeness (QED) is 0.197. The highest BCUT2D eigenvalue weighted by molar-refractivity contribution is 6.34. The van der Waals surface area contributed by atoms with Gasteiger partial charge in [-0.2, -0.15) is 0 Å². The van der Waals surface area contributed by atoms with Crippen molar-refractivity contribution in [2.75, 3.05) is 32.0 Å². The third kappa shape index (κ3) is 6.77. The predicted molar refractivity (Wildman–Crippen MR) is 156 cm³/mol. The van der Waals surface area contributed by atoms with E-state index >= 15 is 0 Å². The molecular formula is C30H26Cl2N2O6. The lowest BCUT2D eigenvalue weighted by Gasteiger charge is -2.16. The van der Waals surface area contributed by atoms with E-state index in [0.717, 1.165) is 16.7 Å². The Bertz CT molecular complexity index is 1540. The maximum Gasteiger partial charge on any atom is 0.341 e. The molecule has 0 aliphatic carbocycles. The van der Waals surface area contributed by atoms with Crippen molar-refractivity contribution in [2.45, 2.75) is 6.61 Å². The first-order valence-corrected chi connectivity index (χ1v) is 12.8. The van der Waals surface area contributed by atoms with Crippen molar-refractivity contribution in [3.8, 4) is 28.4 Å². The molecule has 4 aromatic carbocycles. The van der Waals surface area contributed by atoms with Gasteiger partial charge in [0.1, 0.15) is 17.9 Å². The number of nitrogens with one attached hydrogen (secondary N) is 2. The molecule has 0 saturated heterocycles. The monoisotopic (exact) mass is 580 g/mol. The van der Waals surface area contributed by atoms with Crippen LogP contribution >= 0.6 is 23.2 Å². The van der Waals surface area contributed by atoms with E-state index in [4.69, 9.17) is 42.1 Å². The molecule has 10 heteroatoms. The van der Waals surface area contributed by atoms with E-state index in [9.17, 15) is 9.59 Å². The van der Waals surface area contributed by atoms with Crippen LogP contribution in [0.4, 0.5) is 16.2 Å². The molecule has 4 aromatic rings. The number of hydrogen-bond donors (Lipinski definition) is 2. The largest absolute Gasteiger partial charge is 0.493 e. The summed E-state index contributed by atoms with van der Waals surface area (Å²) in [5.41, 5.74) is 3.40. The van der Waals surface area contributed by atoms with Gasteiger partial charge in [-0.1, -0.05) is 47.5 Å². The molecule has 0 radical (unpaired) electrons. The number of rotatable bonds is 9. The second-order valence-electron chi connectivity index (χ2n) is 8.42. The Balaban J connectivity index is 1.53. The van der Waals surface area contributed by atoms with E-state index in [2.05, 4.69) is 10.6 Å². The Morgan fingerprint density at radius 1 is 0.725 bits per heavy atom. The molecule has 8 nitrogen and oxygen atoms in total. The molecule has 0 aliphatic rings. The van der Waals surface area contributed by atoms with Gasteiger partial charge in [0.05, 0.1) is 21.3 Å². The lowest BCUT2D eigenvalue weighted by atomic mass is 10.00. The zero-order valence-electron chi connectivity index (χ0n) is 21.9. The summed E-state index contributed by atoms with van der Waals surface area (Å²) in [4.78, 5) is 25.2. The third-order valence-electron chi connectivity index (χ3n) is 5.90. The van der Waals surface area contributed by atoms with Crippen molar-refractivity contribution in [3.63, 3.8) is 0 Å². The lowest BCUT2D eigenvalue weighted by molar-refractivity contribution is 0.0595. The van der Waals surface area contributed by atoms with E-state index in [1.807, 2.05) is 30.3 Å². The fraction of sp³-hybridized carbons (Fsp3) is 0.133. The number of anilines is 2. The smallest absolute Gasteiger partial charge is 0.341 e. The first kappa shape index (κ1) is 28.6. The number of carbonyl (C=O) groups excluding carboxylic acids is 2. The van der Waals surface area contributed by atoms with E-state index in [-0.39, 0.29) is 17.9 Å². The fourth-order valence-corrected chi connectivity index (χ4v) is 4.38. The average molecular weight is 581 g/mol. The first-order valence-electron chi connectivity index (χ1n) is 12.0. The van der Waals surface area contributed by atoms with Crippen LogP contribution in [0.1, 0.15) is 15.9 Å². The van der Waals surface area contributed by atoms with Gasteiger partial charge in [-0.3, -0.25) is 0 Å². The number of ether oxygens (including phenoxy) is 4. The normalized spacial score (nSPS) is 10.4. The van der Waals surface area contributed by atoms with E-state index in [1.54, 1.807) is 42.5 Å². The zero-order valence-corrected chi connectivity index (χ0v) is 23.4. The van der Waals surface area contributed by atoms with E-state index in [1.165, 1.54) is 27.4 Å². The summed E-state index contributed by atoms with van der Waals surface area (Å²) in [5.74, 6) is 0.650. The molecule has 0 atom stereocenters. The molecule has 0 unspecified atom stereocenters. The minimum absolute atomic E-state index is 0.119. The van der Waals surface area contributed by atoms with Crippen LogP contribution in [0.5, 0.6) is 17.2 Å². The average Bonchev–Trinajstić information content (AvgIpc) is 2.96. The lowest BCUT2D eigenvalue weighted by Crippen LogP contribution is -2.20. The summed E-state index contributed by atoms with van der Waals surface area (Å²) in [6.45, 7) is 0.119. The fourth-order valence-electron chi connectivity index (χ4n) is 3.97. The number of carbonyl (C=O) groups is 2. The Labute approximate surface area is 241 Å².